The van der Waals surface area contributed by atoms with Crippen LogP contribution in [0.2, 0.25) is 10.0 Å². The van der Waals surface area contributed by atoms with E-state index in [0.717, 1.165) is 18.2 Å². The summed E-state index contributed by atoms with van der Waals surface area (Å²) in [6, 6.07) is 10.4. The minimum atomic E-state index is -4.54. The van der Waals surface area contributed by atoms with Crippen molar-refractivity contribution in [3.8, 4) is 11.3 Å². The van der Waals surface area contributed by atoms with Crippen molar-refractivity contribution in [1.29, 1.82) is 0 Å². The number of halogens is 5. The lowest BCUT2D eigenvalue weighted by Crippen LogP contribution is -2.09. The molecule has 0 aliphatic heterocycles. The average Bonchev–Trinajstić information content (AvgIpc) is 3.10. The van der Waals surface area contributed by atoms with Crippen molar-refractivity contribution in [1.82, 2.24) is 5.16 Å². The number of hydrogen-bond donors (Lipinski definition) is 0. The van der Waals surface area contributed by atoms with E-state index >= 15 is 0 Å². The molecule has 0 unspecified atom stereocenters. The Labute approximate surface area is 161 Å². The van der Waals surface area contributed by atoms with E-state index < -0.39 is 17.7 Å². The molecule has 0 saturated carbocycles. The van der Waals surface area contributed by atoms with Crippen molar-refractivity contribution >= 4 is 29.2 Å². The fraction of sp³-hybridized carbons (Fsp3) is 0.111. The van der Waals surface area contributed by atoms with Crippen molar-refractivity contribution in [2.45, 2.75) is 12.8 Å². The van der Waals surface area contributed by atoms with Gasteiger partial charge in [-0.3, -0.25) is 0 Å². The standard InChI is InChI=1S/C18H10Cl2F3NO3/c19-14-5-4-10(7-15(14)20)16-8-13(24-27-16)9-26-17(25)11-2-1-3-12(6-11)18(21,22)23/h1-8H,9H2. The fourth-order valence-corrected chi connectivity index (χ4v) is 2.51. The smallest absolute Gasteiger partial charge is 0.416 e. The first kappa shape index (κ1) is 19.3. The van der Waals surface area contributed by atoms with E-state index in [9.17, 15) is 18.0 Å². The Hall–Kier alpha value is -2.51. The van der Waals surface area contributed by atoms with Crippen LogP contribution in [-0.4, -0.2) is 11.1 Å². The molecule has 4 nitrogen and oxygen atoms in total. The zero-order chi connectivity index (χ0) is 19.6. The van der Waals surface area contributed by atoms with Crippen molar-refractivity contribution in [3.05, 3.63) is 75.4 Å². The van der Waals surface area contributed by atoms with Crippen LogP contribution in [0, 0.1) is 0 Å². The molecular formula is C18H10Cl2F3NO3. The van der Waals surface area contributed by atoms with Crippen LogP contribution in [-0.2, 0) is 17.5 Å². The number of nitrogens with zero attached hydrogens (tertiary/aromatic N) is 1. The van der Waals surface area contributed by atoms with Crippen LogP contribution in [0.15, 0.2) is 53.1 Å². The molecular weight excluding hydrogens is 406 g/mol. The molecule has 0 radical (unpaired) electrons. The second-order valence-electron chi connectivity index (χ2n) is 5.47. The van der Waals surface area contributed by atoms with Crippen molar-refractivity contribution in [3.63, 3.8) is 0 Å². The van der Waals surface area contributed by atoms with Gasteiger partial charge in [0, 0.05) is 11.6 Å². The van der Waals surface area contributed by atoms with E-state index in [1.165, 1.54) is 12.1 Å². The van der Waals surface area contributed by atoms with Gasteiger partial charge in [0.05, 0.1) is 21.2 Å². The van der Waals surface area contributed by atoms with E-state index in [-0.39, 0.29) is 17.9 Å². The molecule has 0 spiro atoms. The van der Waals surface area contributed by atoms with Crippen molar-refractivity contribution in [2.24, 2.45) is 0 Å². The highest BCUT2D eigenvalue weighted by Crippen LogP contribution is 2.30. The number of esters is 1. The topological polar surface area (TPSA) is 52.3 Å². The van der Waals surface area contributed by atoms with Crippen LogP contribution in [0.25, 0.3) is 11.3 Å². The molecule has 0 saturated heterocycles. The summed E-state index contributed by atoms with van der Waals surface area (Å²) in [5, 5.41) is 4.48. The van der Waals surface area contributed by atoms with E-state index in [1.807, 2.05) is 0 Å². The number of ether oxygens (including phenoxy) is 1. The van der Waals surface area contributed by atoms with Gasteiger partial charge in [0.1, 0.15) is 12.3 Å². The van der Waals surface area contributed by atoms with Gasteiger partial charge in [-0.25, -0.2) is 4.79 Å². The first-order valence-electron chi connectivity index (χ1n) is 7.49. The lowest BCUT2D eigenvalue weighted by Gasteiger charge is -2.08. The lowest BCUT2D eigenvalue weighted by molar-refractivity contribution is -0.137. The van der Waals surface area contributed by atoms with Gasteiger partial charge >= 0.3 is 12.1 Å². The van der Waals surface area contributed by atoms with Gasteiger partial charge in [-0.15, -0.1) is 0 Å². The summed E-state index contributed by atoms with van der Waals surface area (Å²) < 4.78 is 48.3. The second-order valence-corrected chi connectivity index (χ2v) is 6.28. The van der Waals surface area contributed by atoms with Gasteiger partial charge in [-0.2, -0.15) is 13.2 Å². The van der Waals surface area contributed by atoms with Crippen LogP contribution in [0.4, 0.5) is 13.2 Å². The number of alkyl halides is 3. The Bertz CT molecular complexity index is 986. The normalized spacial score (nSPS) is 11.4. The van der Waals surface area contributed by atoms with Crippen LogP contribution < -0.4 is 0 Å². The molecule has 2 aromatic carbocycles. The third kappa shape index (κ3) is 4.61. The number of benzene rings is 2. The van der Waals surface area contributed by atoms with Crippen LogP contribution in [0.5, 0.6) is 0 Å². The van der Waals surface area contributed by atoms with Gasteiger partial charge < -0.3 is 9.26 Å². The highest BCUT2D eigenvalue weighted by Gasteiger charge is 2.31. The highest BCUT2D eigenvalue weighted by molar-refractivity contribution is 6.42. The zero-order valence-electron chi connectivity index (χ0n) is 13.4. The summed E-state index contributed by atoms with van der Waals surface area (Å²) in [5.41, 5.74) is -0.234. The molecule has 0 atom stereocenters. The third-order valence-corrected chi connectivity index (χ3v) is 4.28. The van der Waals surface area contributed by atoms with Crippen LogP contribution in [0.3, 0.4) is 0 Å². The number of hydrogen-bond acceptors (Lipinski definition) is 4. The van der Waals surface area contributed by atoms with E-state index in [1.54, 1.807) is 18.2 Å². The molecule has 0 N–H and O–H groups in total. The zero-order valence-corrected chi connectivity index (χ0v) is 14.9. The minimum Gasteiger partial charge on any atom is -0.455 e. The number of carbonyl (C=O) groups excluding carboxylic acids is 1. The Morgan fingerprint density at radius 2 is 1.85 bits per heavy atom. The first-order chi connectivity index (χ1) is 12.7. The Morgan fingerprint density at radius 3 is 2.56 bits per heavy atom. The number of aromatic nitrogens is 1. The summed E-state index contributed by atoms with van der Waals surface area (Å²) in [6.45, 7) is -0.264. The monoisotopic (exact) mass is 415 g/mol. The predicted octanol–water partition coefficient (Wildman–Crippen LogP) is 6.02. The lowest BCUT2D eigenvalue weighted by atomic mass is 10.1. The molecule has 0 amide bonds. The number of carbonyl (C=O) groups is 1. The Balaban J connectivity index is 1.68. The van der Waals surface area contributed by atoms with Gasteiger partial charge in [0.15, 0.2) is 5.76 Å². The van der Waals surface area contributed by atoms with Crippen LogP contribution >= 0.6 is 23.2 Å². The van der Waals surface area contributed by atoms with E-state index in [4.69, 9.17) is 32.5 Å². The van der Waals surface area contributed by atoms with Gasteiger partial charge in [0.2, 0.25) is 0 Å². The van der Waals surface area contributed by atoms with Gasteiger partial charge in [-0.1, -0.05) is 34.4 Å². The molecule has 0 aliphatic rings. The summed E-state index contributed by atoms with van der Waals surface area (Å²) in [5.74, 6) is -0.529. The van der Waals surface area contributed by atoms with Crippen LogP contribution in [0.1, 0.15) is 21.6 Å². The molecule has 140 valence electrons. The molecule has 0 aliphatic carbocycles. The van der Waals surface area contributed by atoms with E-state index in [0.29, 0.717) is 21.4 Å². The summed E-state index contributed by atoms with van der Waals surface area (Å²) in [7, 11) is 0. The quantitative estimate of drug-likeness (QED) is 0.488. The third-order valence-electron chi connectivity index (χ3n) is 3.54. The Kier molecular flexibility index (Phi) is 5.43. The molecule has 3 rings (SSSR count). The largest absolute Gasteiger partial charge is 0.455 e. The average molecular weight is 416 g/mol. The summed E-state index contributed by atoms with van der Waals surface area (Å²) in [6.07, 6.45) is -4.54. The van der Waals surface area contributed by atoms with E-state index in [2.05, 4.69) is 5.16 Å². The molecule has 1 aromatic heterocycles. The van der Waals surface area contributed by atoms with Gasteiger partial charge in [-0.05, 0) is 36.4 Å². The molecule has 1 heterocycles. The van der Waals surface area contributed by atoms with Crippen molar-refractivity contribution in [2.75, 3.05) is 0 Å². The number of rotatable bonds is 4. The summed E-state index contributed by atoms with van der Waals surface area (Å²) in [4.78, 5) is 12.0. The molecule has 0 fully saturated rings. The highest BCUT2D eigenvalue weighted by atomic mass is 35.5. The predicted molar refractivity (Wildman–Crippen MR) is 92.5 cm³/mol. The molecule has 27 heavy (non-hydrogen) atoms. The van der Waals surface area contributed by atoms with Gasteiger partial charge in [0.25, 0.3) is 0 Å². The maximum Gasteiger partial charge on any atom is 0.416 e. The SMILES string of the molecule is O=C(OCc1cc(-c2ccc(Cl)c(Cl)c2)on1)c1cccc(C(F)(F)F)c1. The second kappa shape index (κ2) is 7.62. The maximum atomic E-state index is 12.7. The fourth-order valence-electron chi connectivity index (χ4n) is 2.21. The molecule has 3 aromatic rings. The first-order valence-corrected chi connectivity index (χ1v) is 8.25. The maximum absolute atomic E-state index is 12.7. The molecule has 0 bridgehead atoms. The minimum absolute atomic E-state index is 0.210. The summed E-state index contributed by atoms with van der Waals surface area (Å²) >= 11 is 11.8. The molecule has 9 heteroatoms. The van der Waals surface area contributed by atoms with Crippen molar-refractivity contribution < 1.29 is 27.2 Å². The Morgan fingerprint density at radius 1 is 1.07 bits per heavy atom.